The van der Waals surface area contributed by atoms with Crippen molar-refractivity contribution in [3.05, 3.63) is 58.9 Å². The van der Waals surface area contributed by atoms with Crippen LogP contribution < -0.4 is 10.6 Å². The molecule has 6 heteroatoms. The molecule has 0 bridgehead atoms. The highest BCUT2D eigenvalue weighted by Crippen LogP contribution is 2.33. The van der Waals surface area contributed by atoms with Gasteiger partial charge in [-0.1, -0.05) is 17.7 Å². The van der Waals surface area contributed by atoms with Crippen molar-refractivity contribution in [2.24, 2.45) is 0 Å². The molecule has 29 heavy (non-hydrogen) atoms. The van der Waals surface area contributed by atoms with Crippen molar-refractivity contribution in [1.29, 1.82) is 0 Å². The number of nitrogens with one attached hydrogen (secondary N) is 2. The molecule has 0 amide bonds. The number of piperidine rings is 1. The van der Waals surface area contributed by atoms with E-state index in [9.17, 15) is 0 Å². The van der Waals surface area contributed by atoms with Gasteiger partial charge >= 0.3 is 0 Å². The van der Waals surface area contributed by atoms with Crippen LogP contribution in [-0.2, 0) is 6.54 Å². The average Bonchev–Trinajstić information content (AvgIpc) is 2.61. The molecule has 0 saturated carbocycles. The predicted octanol–water partition coefficient (Wildman–Crippen LogP) is 5.55. The Morgan fingerprint density at radius 2 is 1.79 bits per heavy atom. The zero-order chi connectivity index (χ0) is 21.2. The number of nitrogens with zero attached hydrogens (tertiary/aromatic N) is 2. The van der Waals surface area contributed by atoms with E-state index in [1.807, 2.05) is 42.7 Å². The van der Waals surface area contributed by atoms with Gasteiger partial charge < -0.3 is 15.5 Å². The predicted molar refractivity (Wildman–Crippen MR) is 127 cm³/mol. The molecule has 1 aromatic carbocycles. The van der Waals surface area contributed by atoms with Crippen LogP contribution in [0.15, 0.2) is 42.7 Å². The summed E-state index contributed by atoms with van der Waals surface area (Å²) in [5.74, 6) is 0. The van der Waals surface area contributed by atoms with Crippen molar-refractivity contribution >= 4 is 34.6 Å². The van der Waals surface area contributed by atoms with Gasteiger partial charge in [-0.3, -0.25) is 4.98 Å². The summed E-state index contributed by atoms with van der Waals surface area (Å²) in [5.41, 5.74) is 3.24. The monoisotopic (exact) mass is 430 g/mol. The average molecular weight is 431 g/mol. The number of pyridine rings is 1. The van der Waals surface area contributed by atoms with Crippen LogP contribution in [-0.4, -0.2) is 32.1 Å². The molecule has 2 heterocycles. The molecule has 0 unspecified atom stereocenters. The van der Waals surface area contributed by atoms with E-state index >= 15 is 0 Å². The Bertz CT molecular complexity index is 850. The summed E-state index contributed by atoms with van der Waals surface area (Å²) in [7, 11) is 0. The lowest BCUT2D eigenvalue weighted by atomic mass is 9.79. The van der Waals surface area contributed by atoms with E-state index in [0.29, 0.717) is 16.2 Å². The largest absolute Gasteiger partial charge is 0.342 e. The van der Waals surface area contributed by atoms with Gasteiger partial charge in [0.1, 0.15) is 0 Å². The summed E-state index contributed by atoms with van der Waals surface area (Å²) >= 11 is 12.3. The van der Waals surface area contributed by atoms with Crippen molar-refractivity contribution < 1.29 is 0 Å². The van der Waals surface area contributed by atoms with E-state index in [4.69, 9.17) is 23.8 Å². The first-order valence-electron chi connectivity index (χ1n) is 10.1. The lowest BCUT2D eigenvalue weighted by Gasteiger charge is -2.50. The van der Waals surface area contributed by atoms with Crippen LogP contribution in [0.3, 0.4) is 0 Å². The van der Waals surface area contributed by atoms with Crippen molar-refractivity contribution in [1.82, 2.24) is 15.2 Å². The third-order valence-corrected chi connectivity index (χ3v) is 6.00. The molecule has 2 aromatic rings. The van der Waals surface area contributed by atoms with Gasteiger partial charge in [-0.05, 0) is 95.1 Å². The molecule has 0 atom stereocenters. The van der Waals surface area contributed by atoms with Crippen LogP contribution in [0.4, 0.5) is 5.69 Å². The molecule has 1 aromatic heterocycles. The fraction of sp³-hybridized carbons (Fsp3) is 0.478. The van der Waals surface area contributed by atoms with Gasteiger partial charge in [0.15, 0.2) is 5.11 Å². The third kappa shape index (κ3) is 5.91. The van der Waals surface area contributed by atoms with Crippen LogP contribution in [0.1, 0.15) is 51.7 Å². The van der Waals surface area contributed by atoms with Crippen molar-refractivity contribution in [3.8, 4) is 0 Å². The van der Waals surface area contributed by atoms with Gasteiger partial charge in [0.2, 0.25) is 0 Å². The Morgan fingerprint density at radius 1 is 1.17 bits per heavy atom. The number of hydrogen-bond donors (Lipinski definition) is 2. The van der Waals surface area contributed by atoms with Crippen molar-refractivity contribution in [2.45, 2.75) is 71.1 Å². The Kier molecular flexibility index (Phi) is 6.51. The second-order valence-corrected chi connectivity index (χ2v) is 10.1. The number of halogens is 1. The van der Waals surface area contributed by atoms with Crippen LogP contribution in [0.5, 0.6) is 0 Å². The number of rotatable bonds is 4. The van der Waals surface area contributed by atoms with E-state index in [-0.39, 0.29) is 11.1 Å². The first-order chi connectivity index (χ1) is 13.5. The fourth-order valence-electron chi connectivity index (χ4n) is 4.46. The summed E-state index contributed by atoms with van der Waals surface area (Å²) < 4.78 is 0. The van der Waals surface area contributed by atoms with Gasteiger partial charge in [0.25, 0.3) is 0 Å². The molecule has 2 N–H and O–H groups in total. The molecule has 156 valence electrons. The molecular weight excluding hydrogens is 400 g/mol. The highest BCUT2D eigenvalue weighted by molar-refractivity contribution is 7.80. The van der Waals surface area contributed by atoms with E-state index in [1.165, 1.54) is 5.56 Å². The van der Waals surface area contributed by atoms with Crippen LogP contribution in [0, 0.1) is 6.92 Å². The molecule has 1 aliphatic rings. The summed E-state index contributed by atoms with van der Waals surface area (Å²) in [5, 5.41) is 8.55. The molecular formula is C23H31ClN4S. The van der Waals surface area contributed by atoms with Crippen molar-refractivity contribution in [3.63, 3.8) is 0 Å². The second kappa shape index (κ2) is 8.58. The quantitative estimate of drug-likeness (QED) is 0.622. The van der Waals surface area contributed by atoms with Gasteiger partial charge in [0.05, 0.1) is 10.7 Å². The Balaban J connectivity index is 1.90. The molecule has 1 aliphatic heterocycles. The first kappa shape index (κ1) is 22.0. The van der Waals surface area contributed by atoms with Crippen LogP contribution in [0.2, 0.25) is 5.02 Å². The highest BCUT2D eigenvalue weighted by Gasteiger charge is 2.40. The smallest absolute Gasteiger partial charge is 0.174 e. The number of anilines is 1. The maximum atomic E-state index is 6.42. The second-order valence-electron chi connectivity index (χ2n) is 9.35. The van der Waals surface area contributed by atoms with Crippen molar-refractivity contribution in [2.75, 3.05) is 5.32 Å². The third-order valence-electron chi connectivity index (χ3n) is 5.34. The van der Waals surface area contributed by atoms with Gasteiger partial charge in [-0.15, -0.1) is 0 Å². The summed E-state index contributed by atoms with van der Waals surface area (Å²) in [6.07, 6.45) is 5.67. The maximum Gasteiger partial charge on any atom is 0.174 e. The minimum Gasteiger partial charge on any atom is -0.342 e. The van der Waals surface area contributed by atoms with Gasteiger partial charge in [0, 0.05) is 36.1 Å². The minimum atomic E-state index is 0.0273. The molecule has 3 rings (SSSR count). The number of benzene rings is 1. The number of aromatic nitrogens is 1. The standard InChI is InChI=1S/C23H31ClN4S/c1-16-6-7-19(24)20(12-16)26-21(29)28(15-17-8-10-25-11-9-17)18-13-22(2,3)27-23(4,5)14-18/h6-12,18,27H,13-15H2,1-5H3,(H,26,29). The maximum absolute atomic E-state index is 6.42. The summed E-state index contributed by atoms with van der Waals surface area (Å²) in [6, 6.07) is 10.3. The normalized spacial score (nSPS) is 18.3. The Hall–Kier alpha value is -1.69. The van der Waals surface area contributed by atoms with Crippen LogP contribution in [0.25, 0.3) is 0 Å². The SMILES string of the molecule is Cc1ccc(Cl)c(NC(=S)N(Cc2ccncc2)C2CC(C)(C)NC(C)(C)C2)c1. The van der Waals surface area contributed by atoms with Gasteiger partial charge in [-0.25, -0.2) is 0 Å². The molecule has 0 spiro atoms. The summed E-state index contributed by atoms with van der Waals surface area (Å²) in [6.45, 7) is 11.8. The van der Waals surface area contributed by atoms with Gasteiger partial charge in [-0.2, -0.15) is 0 Å². The molecule has 0 radical (unpaired) electrons. The van der Waals surface area contributed by atoms with Crippen LogP contribution >= 0.6 is 23.8 Å². The number of thiocarbonyl (C=S) groups is 1. The lowest BCUT2D eigenvalue weighted by molar-refractivity contribution is 0.101. The molecule has 4 nitrogen and oxygen atoms in total. The zero-order valence-electron chi connectivity index (χ0n) is 17.9. The highest BCUT2D eigenvalue weighted by atomic mass is 35.5. The van der Waals surface area contributed by atoms with E-state index in [1.54, 1.807) is 0 Å². The van der Waals surface area contributed by atoms with E-state index in [2.05, 4.69) is 55.1 Å². The fourth-order valence-corrected chi connectivity index (χ4v) is 4.95. The molecule has 1 saturated heterocycles. The number of aryl methyl sites for hydroxylation is 1. The molecule has 0 aliphatic carbocycles. The Morgan fingerprint density at radius 3 is 2.41 bits per heavy atom. The first-order valence-corrected chi connectivity index (χ1v) is 10.9. The number of hydrogen-bond acceptors (Lipinski definition) is 3. The lowest BCUT2D eigenvalue weighted by Crippen LogP contribution is -2.63. The Labute approximate surface area is 185 Å². The molecule has 1 fully saturated rings. The summed E-state index contributed by atoms with van der Waals surface area (Å²) in [4.78, 5) is 6.46. The topological polar surface area (TPSA) is 40.2 Å². The van der Waals surface area contributed by atoms with E-state index < -0.39 is 0 Å². The van der Waals surface area contributed by atoms with E-state index in [0.717, 1.165) is 30.6 Å². The zero-order valence-corrected chi connectivity index (χ0v) is 19.5. The minimum absolute atomic E-state index is 0.0273.